The summed E-state index contributed by atoms with van der Waals surface area (Å²) >= 11 is 1.68. The van der Waals surface area contributed by atoms with E-state index in [9.17, 15) is 0 Å². The second-order valence-electron chi connectivity index (χ2n) is 1.76. The second-order valence-corrected chi connectivity index (χ2v) is 2.78. The van der Waals surface area contributed by atoms with Crippen molar-refractivity contribution in [1.82, 2.24) is 0 Å². The Morgan fingerprint density at radius 1 is 1.70 bits per heavy atom. The number of hydrogen-bond donors (Lipinski definition) is 0. The zero-order valence-electron chi connectivity index (χ0n) is 6.81. The summed E-state index contributed by atoms with van der Waals surface area (Å²) in [6.45, 7) is 8.35. The summed E-state index contributed by atoms with van der Waals surface area (Å²) in [7, 11) is 0. The molecule has 2 heteroatoms. The van der Waals surface area contributed by atoms with Crippen LogP contribution in [0, 0.1) is 0 Å². The molecule has 0 aliphatic heterocycles. The highest BCUT2D eigenvalue weighted by Gasteiger charge is 1.95. The molecule has 0 amide bonds. The van der Waals surface area contributed by atoms with Crippen LogP contribution < -0.4 is 0 Å². The number of thioether (sulfide) groups is 1. The Hall–Kier alpha value is -0.370. The smallest absolute Gasteiger partial charge is 0.127 e. The van der Waals surface area contributed by atoms with Crippen molar-refractivity contribution in [1.29, 1.82) is 0 Å². The van der Waals surface area contributed by atoms with Gasteiger partial charge in [0.25, 0.3) is 0 Å². The summed E-state index contributed by atoms with van der Waals surface area (Å²) in [5.41, 5.74) is 0. The molecule has 58 valence electrons. The molecule has 0 saturated heterocycles. The van der Waals surface area contributed by atoms with Gasteiger partial charge in [0.05, 0.1) is 6.61 Å². The number of ether oxygens (including phenoxy) is 1. The van der Waals surface area contributed by atoms with Crippen molar-refractivity contribution in [2.24, 2.45) is 0 Å². The zero-order valence-corrected chi connectivity index (χ0v) is 7.62. The predicted molar refractivity (Wildman–Crippen MR) is 48.0 cm³/mol. The molecule has 0 heterocycles. The minimum absolute atomic E-state index is 0.708. The number of allylic oxidation sites excluding steroid dienone is 2. The van der Waals surface area contributed by atoms with E-state index in [0.29, 0.717) is 6.61 Å². The lowest BCUT2D eigenvalue weighted by molar-refractivity contribution is 0.241. The Morgan fingerprint density at radius 3 is 2.60 bits per heavy atom. The fourth-order valence-corrected chi connectivity index (χ4v) is 0.904. The largest absolute Gasteiger partial charge is 0.493 e. The van der Waals surface area contributed by atoms with Gasteiger partial charge in [-0.1, -0.05) is 6.58 Å². The molecular weight excluding hydrogens is 144 g/mol. The van der Waals surface area contributed by atoms with Crippen molar-refractivity contribution < 1.29 is 4.74 Å². The fraction of sp³-hybridized carbons (Fsp3) is 0.500. The van der Waals surface area contributed by atoms with Crippen LogP contribution in [-0.2, 0) is 4.74 Å². The molecule has 0 aromatic rings. The Bertz CT molecular complexity index is 138. The molecule has 0 saturated carbocycles. The molecule has 1 nitrogen and oxygen atoms in total. The quantitative estimate of drug-likeness (QED) is 0.459. The van der Waals surface area contributed by atoms with Gasteiger partial charge in [-0.05, 0) is 26.2 Å². The standard InChI is InChI=1S/C8H14OS/c1-5-8(9-6-2)7(3)10-4/h5H,1,6H2,2-4H3/b8-7+. The van der Waals surface area contributed by atoms with Crippen LogP contribution >= 0.6 is 11.8 Å². The molecule has 0 aliphatic rings. The minimum atomic E-state index is 0.708. The van der Waals surface area contributed by atoms with Gasteiger partial charge in [-0.15, -0.1) is 11.8 Å². The predicted octanol–water partition coefficient (Wildman–Crippen LogP) is 2.80. The molecule has 0 spiro atoms. The lowest BCUT2D eigenvalue weighted by Gasteiger charge is -2.05. The summed E-state index contributed by atoms with van der Waals surface area (Å²) in [4.78, 5) is 1.18. The van der Waals surface area contributed by atoms with Crippen LogP contribution in [0.5, 0.6) is 0 Å². The van der Waals surface area contributed by atoms with Gasteiger partial charge in [-0.3, -0.25) is 0 Å². The third-order valence-corrected chi connectivity index (χ3v) is 1.95. The van der Waals surface area contributed by atoms with Crippen molar-refractivity contribution in [3.05, 3.63) is 23.3 Å². The van der Waals surface area contributed by atoms with Gasteiger partial charge >= 0.3 is 0 Å². The molecule has 0 radical (unpaired) electrons. The average molecular weight is 158 g/mol. The van der Waals surface area contributed by atoms with E-state index in [1.807, 2.05) is 20.1 Å². The van der Waals surface area contributed by atoms with E-state index in [-0.39, 0.29) is 0 Å². The molecule has 0 atom stereocenters. The van der Waals surface area contributed by atoms with E-state index in [1.54, 1.807) is 17.8 Å². The Balaban J connectivity index is 4.14. The summed E-state index contributed by atoms with van der Waals surface area (Å²) in [5.74, 6) is 0.898. The van der Waals surface area contributed by atoms with Gasteiger partial charge in [-0.2, -0.15) is 0 Å². The van der Waals surface area contributed by atoms with E-state index in [1.165, 1.54) is 4.91 Å². The van der Waals surface area contributed by atoms with E-state index < -0.39 is 0 Å². The monoisotopic (exact) mass is 158 g/mol. The molecule has 0 unspecified atom stereocenters. The number of rotatable bonds is 4. The summed E-state index contributed by atoms with van der Waals surface area (Å²) in [6, 6.07) is 0. The highest BCUT2D eigenvalue weighted by atomic mass is 32.2. The normalized spacial score (nSPS) is 12.3. The maximum Gasteiger partial charge on any atom is 0.127 e. The van der Waals surface area contributed by atoms with Crippen LogP contribution in [-0.4, -0.2) is 12.9 Å². The van der Waals surface area contributed by atoms with E-state index >= 15 is 0 Å². The Labute approximate surface area is 67.2 Å². The maximum atomic E-state index is 5.28. The van der Waals surface area contributed by atoms with Crippen LogP contribution in [0.1, 0.15) is 13.8 Å². The highest BCUT2D eigenvalue weighted by Crippen LogP contribution is 2.17. The van der Waals surface area contributed by atoms with E-state index in [4.69, 9.17) is 4.74 Å². The molecule has 0 bridgehead atoms. The van der Waals surface area contributed by atoms with Gasteiger partial charge in [0.1, 0.15) is 5.76 Å². The SMILES string of the molecule is C=C/C(OCC)=C(/C)SC. The third-order valence-electron chi connectivity index (χ3n) is 1.14. The Morgan fingerprint density at radius 2 is 2.30 bits per heavy atom. The highest BCUT2D eigenvalue weighted by molar-refractivity contribution is 8.02. The molecule has 0 aliphatic carbocycles. The van der Waals surface area contributed by atoms with Gasteiger partial charge in [0, 0.05) is 4.91 Å². The maximum absolute atomic E-state index is 5.28. The zero-order chi connectivity index (χ0) is 7.98. The topological polar surface area (TPSA) is 9.23 Å². The molecular formula is C8H14OS. The third kappa shape index (κ3) is 2.97. The average Bonchev–Trinajstić information content (AvgIpc) is 1.99. The van der Waals surface area contributed by atoms with Gasteiger partial charge in [-0.25, -0.2) is 0 Å². The lowest BCUT2D eigenvalue weighted by Crippen LogP contribution is -1.89. The van der Waals surface area contributed by atoms with E-state index in [2.05, 4.69) is 6.58 Å². The number of hydrogen-bond acceptors (Lipinski definition) is 2. The van der Waals surface area contributed by atoms with Crippen LogP contribution in [0.3, 0.4) is 0 Å². The first kappa shape index (κ1) is 9.63. The molecule has 0 N–H and O–H groups in total. The van der Waals surface area contributed by atoms with Gasteiger partial charge in [0.2, 0.25) is 0 Å². The summed E-state index contributed by atoms with van der Waals surface area (Å²) in [5, 5.41) is 0. The van der Waals surface area contributed by atoms with Crippen molar-refractivity contribution in [2.45, 2.75) is 13.8 Å². The molecule has 0 aromatic heterocycles. The molecule has 0 rings (SSSR count). The second kappa shape index (κ2) is 5.42. The summed E-state index contributed by atoms with van der Waals surface area (Å²) in [6.07, 6.45) is 3.77. The van der Waals surface area contributed by atoms with Crippen molar-refractivity contribution in [3.63, 3.8) is 0 Å². The fourth-order valence-electron chi connectivity index (χ4n) is 0.560. The van der Waals surface area contributed by atoms with Crippen molar-refractivity contribution >= 4 is 11.8 Å². The van der Waals surface area contributed by atoms with Crippen molar-refractivity contribution in [3.8, 4) is 0 Å². The van der Waals surface area contributed by atoms with Crippen LogP contribution in [0.4, 0.5) is 0 Å². The molecule has 0 fully saturated rings. The first-order valence-electron chi connectivity index (χ1n) is 3.26. The van der Waals surface area contributed by atoms with E-state index in [0.717, 1.165) is 5.76 Å². The van der Waals surface area contributed by atoms with Crippen molar-refractivity contribution in [2.75, 3.05) is 12.9 Å². The first-order chi connectivity index (χ1) is 4.76. The molecule has 0 aromatic carbocycles. The van der Waals surface area contributed by atoms with Crippen LogP contribution in [0.25, 0.3) is 0 Å². The van der Waals surface area contributed by atoms with Gasteiger partial charge < -0.3 is 4.74 Å². The lowest BCUT2D eigenvalue weighted by atomic mass is 10.4. The van der Waals surface area contributed by atoms with Crippen LogP contribution in [0.2, 0.25) is 0 Å². The van der Waals surface area contributed by atoms with Gasteiger partial charge in [0.15, 0.2) is 0 Å². The Kier molecular flexibility index (Phi) is 5.22. The first-order valence-corrected chi connectivity index (χ1v) is 4.48. The summed E-state index contributed by atoms with van der Waals surface area (Å²) < 4.78 is 5.28. The minimum Gasteiger partial charge on any atom is -0.493 e. The van der Waals surface area contributed by atoms with Crippen LogP contribution in [0.15, 0.2) is 23.3 Å². The molecule has 10 heavy (non-hydrogen) atoms.